The lowest BCUT2D eigenvalue weighted by atomic mass is 9.81. The van der Waals surface area contributed by atoms with Gasteiger partial charge in [-0.1, -0.05) is 33.3 Å². The van der Waals surface area contributed by atoms with Crippen molar-refractivity contribution in [3.8, 4) is 0 Å². The van der Waals surface area contributed by atoms with Crippen molar-refractivity contribution in [3.63, 3.8) is 0 Å². The number of hydrogen-bond acceptors (Lipinski definition) is 0. The summed E-state index contributed by atoms with van der Waals surface area (Å²) < 4.78 is 50.8. The summed E-state index contributed by atoms with van der Waals surface area (Å²) in [5.74, 6) is -1.21. The first-order valence-corrected chi connectivity index (χ1v) is 6.01. The summed E-state index contributed by atoms with van der Waals surface area (Å²) in [5.41, 5.74) is -0.718. The molecule has 0 unspecified atom stereocenters. The standard InChI is InChI=1S/C14H18F4/c1-4-7-13(2,3)9-10-5-6-12(15)11(8-10)14(16,17)18/h5-6,8H,4,7,9H2,1-3H3. The summed E-state index contributed by atoms with van der Waals surface area (Å²) in [6, 6.07) is 3.26. The third-order valence-electron chi connectivity index (χ3n) is 2.95. The Morgan fingerprint density at radius 2 is 1.72 bits per heavy atom. The first-order valence-electron chi connectivity index (χ1n) is 6.01. The van der Waals surface area contributed by atoms with E-state index in [-0.39, 0.29) is 5.41 Å². The Balaban J connectivity index is 2.99. The van der Waals surface area contributed by atoms with Crippen LogP contribution in [0.3, 0.4) is 0 Å². The summed E-state index contributed by atoms with van der Waals surface area (Å²) in [6.07, 6.45) is -2.22. The second-order valence-corrected chi connectivity index (χ2v) is 5.40. The molecule has 18 heavy (non-hydrogen) atoms. The Hall–Kier alpha value is -1.06. The predicted molar refractivity (Wildman–Crippen MR) is 63.8 cm³/mol. The quantitative estimate of drug-likeness (QED) is 0.653. The van der Waals surface area contributed by atoms with E-state index in [4.69, 9.17) is 0 Å². The van der Waals surface area contributed by atoms with Gasteiger partial charge in [-0.15, -0.1) is 0 Å². The lowest BCUT2D eigenvalue weighted by Crippen LogP contribution is -2.16. The molecule has 1 aromatic rings. The second kappa shape index (κ2) is 5.29. The van der Waals surface area contributed by atoms with Crippen molar-refractivity contribution in [1.82, 2.24) is 0 Å². The third-order valence-corrected chi connectivity index (χ3v) is 2.95. The molecule has 0 fully saturated rings. The van der Waals surface area contributed by atoms with Crippen molar-refractivity contribution in [3.05, 3.63) is 35.1 Å². The Morgan fingerprint density at radius 3 is 2.22 bits per heavy atom. The minimum absolute atomic E-state index is 0.0740. The van der Waals surface area contributed by atoms with Crippen LogP contribution in [0, 0.1) is 11.2 Å². The van der Waals surface area contributed by atoms with Gasteiger partial charge in [0.2, 0.25) is 0 Å². The van der Waals surface area contributed by atoms with Gasteiger partial charge in [-0.2, -0.15) is 13.2 Å². The van der Waals surface area contributed by atoms with Crippen molar-refractivity contribution in [1.29, 1.82) is 0 Å². The number of halogens is 4. The van der Waals surface area contributed by atoms with Crippen LogP contribution in [0.15, 0.2) is 18.2 Å². The molecule has 0 aliphatic rings. The van der Waals surface area contributed by atoms with Crippen LogP contribution in [-0.2, 0) is 12.6 Å². The maximum Gasteiger partial charge on any atom is 0.419 e. The van der Waals surface area contributed by atoms with Gasteiger partial charge in [-0.25, -0.2) is 4.39 Å². The third kappa shape index (κ3) is 4.00. The molecule has 0 nitrogen and oxygen atoms in total. The largest absolute Gasteiger partial charge is 0.419 e. The molecule has 1 rings (SSSR count). The molecule has 0 aliphatic heterocycles. The van der Waals surface area contributed by atoms with E-state index in [2.05, 4.69) is 0 Å². The van der Waals surface area contributed by atoms with Crippen molar-refractivity contribution >= 4 is 0 Å². The first-order chi connectivity index (χ1) is 8.15. The minimum Gasteiger partial charge on any atom is -0.206 e. The number of hydrogen-bond donors (Lipinski definition) is 0. The van der Waals surface area contributed by atoms with Crippen LogP contribution < -0.4 is 0 Å². The average Bonchev–Trinajstić information content (AvgIpc) is 2.18. The zero-order valence-electron chi connectivity index (χ0n) is 10.9. The average molecular weight is 262 g/mol. The van der Waals surface area contributed by atoms with Gasteiger partial charge in [0.25, 0.3) is 0 Å². The SMILES string of the molecule is CCCC(C)(C)Cc1ccc(F)c(C(F)(F)F)c1. The molecule has 0 aromatic heterocycles. The van der Waals surface area contributed by atoms with Crippen LogP contribution in [0.2, 0.25) is 0 Å². The Morgan fingerprint density at radius 1 is 1.11 bits per heavy atom. The Kier molecular flexibility index (Phi) is 4.41. The van der Waals surface area contributed by atoms with Gasteiger partial charge >= 0.3 is 6.18 Å². The summed E-state index contributed by atoms with van der Waals surface area (Å²) >= 11 is 0. The maximum atomic E-state index is 13.1. The fourth-order valence-electron chi connectivity index (χ4n) is 2.22. The van der Waals surface area contributed by atoms with Gasteiger partial charge in [0.15, 0.2) is 0 Å². The Bertz CT molecular complexity index is 405. The fraction of sp³-hybridized carbons (Fsp3) is 0.571. The maximum absolute atomic E-state index is 13.1. The highest BCUT2D eigenvalue weighted by Gasteiger charge is 2.34. The topological polar surface area (TPSA) is 0 Å². The highest BCUT2D eigenvalue weighted by Crippen LogP contribution is 2.34. The fourth-order valence-corrected chi connectivity index (χ4v) is 2.22. The summed E-state index contributed by atoms with van der Waals surface area (Å²) in [5, 5.41) is 0. The van der Waals surface area contributed by atoms with Gasteiger partial charge in [0.05, 0.1) is 5.56 Å². The first kappa shape index (κ1) is 15.0. The Labute approximate surface area is 105 Å². The zero-order valence-corrected chi connectivity index (χ0v) is 10.9. The van der Waals surface area contributed by atoms with Gasteiger partial charge in [0.1, 0.15) is 5.82 Å². The van der Waals surface area contributed by atoms with E-state index in [9.17, 15) is 17.6 Å². The van der Waals surface area contributed by atoms with E-state index in [1.54, 1.807) is 0 Å². The van der Waals surface area contributed by atoms with E-state index in [1.807, 2.05) is 20.8 Å². The number of benzene rings is 1. The van der Waals surface area contributed by atoms with Crippen LogP contribution in [0.1, 0.15) is 44.7 Å². The van der Waals surface area contributed by atoms with Gasteiger partial charge in [-0.3, -0.25) is 0 Å². The molecule has 0 heterocycles. The molecule has 0 radical (unpaired) electrons. The highest BCUT2D eigenvalue weighted by molar-refractivity contribution is 5.28. The van der Waals surface area contributed by atoms with Crippen molar-refractivity contribution < 1.29 is 17.6 Å². The van der Waals surface area contributed by atoms with Crippen LogP contribution >= 0.6 is 0 Å². The lowest BCUT2D eigenvalue weighted by molar-refractivity contribution is -0.140. The molecule has 4 heteroatoms. The van der Waals surface area contributed by atoms with E-state index in [0.29, 0.717) is 12.0 Å². The number of alkyl halides is 3. The van der Waals surface area contributed by atoms with Gasteiger partial charge in [-0.05, 0) is 36.0 Å². The van der Waals surface area contributed by atoms with Gasteiger partial charge < -0.3 is 0 Å². The second-order valence-electron chi connectivity index (χ2n) is 5.40. The lowest BCUT2D eigenvalue weighted by Gasteiger charge is -2.24. The van der Waals surface area contributed by atoms with Crippen molar-refractivity contribution in [2.75, 3.05) is 0 Å². The number of rotatable bonds is 4. The zero-order chi connectivity index (χ0) is 14.0. The molecule has 0 atom stereocenters. The van der Waals surface area contributed by atoms with Crippen LogP contribution in [0.5, 0.6) is 0 Å². The van der Waals surface area contributed by atoms with Crippen LogP contribution in [-0.4, -0.2) is 0 Å². The van der Waals surface area contributed by atoms with Crippen LogP contribution in [0.25, 0.3) is 0 Å². The van der Waals surface area contributed by atoms with E-state index >= 15 is 0 Å². The summed E-state index contributed by atoms with van der Waals surface area (Å²) in [4.78, 5) is 0. The molecular formula is C14H18F4. The summed E-state index contributed by atoms with van der Waals surface area (Å²) in [7, 11) is 0. The smallest absolute Gasteiger partial charge is 0.206 e. The molecule has 1 aromatic carbocycles. The molecular weight excluding hydrogens is 244 g/mol. The molecule has 0 N–H and O–H groups in total. The molecule has 0 amide bonds. The monoisotopic (exact) mass is 262 g/mol. The van der Waals surface area contributed by atoms with Crippen molar-refractivity contribution in [2.45, 2.75) is 46.2 Å². The van der Waals surface area contributed by atoms with Gasteiger partial charge in [0, 0.05) is 0 Å². The van der Waals surface area contributed by atoms with E-state index in [0.717, 1.165) is 25.0 Å². The normalized spacial score (nSPS) is 12.8. The predicted octanol–water partition coefficient (Wildman–Crippen LogP) is 5.21. The molecule has 0 aliphatic carbocycles. The van der Waals surface area contributed by atoms with Crippen LogP contribution in [0.4, 0.5) is 17.6 Å². The van der Waals surface area contributed by atoms with E-state index in [1.165, 1.54) is 6.07 Å². The minimum atomic E-state index is -4.63. The molecule has 0 saturated heterocycles. The summed E-state index contributed by atoms with van der Waals surface area (Å²) in [6.45, 7) is 6.05. The molecule has 0 bridgehead atoms. The molecule has 0 spiro atoms. The molecule has 102 valence electrons. The highest BCUT2D eigenvalue weighted by atomic mass is 19.4. The van der Waals surface area contributed by atoms with Crippen molar-refractivity contribution in [2.24, 2.45) is 5.41 Å². The van der Waals surface area contributed by atoms with E-state index < -0.39 is 17.6 Å². The molecule has 0 saturated carbocycles.